The molecule has 1 aromatic heterocycles. The summed E-state index contributed by atoms with van der Waals surface area (Å²) < 4.78 is 2.46. The van der Waals surface area contributed by atoms with Crippen LogP contribution in [0, 0.1) is 0 Å². The first-order valence-electron chi connectivity index (χ1n) is 22.1. The van der Waals surface area contributed by atoms with Gasteiger partial charge in [0.15, 0.2) is 0 Å². The van der Waals surface area contributed by atoms with E-state index in [0.717, 1.165) is 28.2 Å². The molecule has 0 aliphatic carbocycles. The van der Waals surface area contributed by atoms with Gasteiger partial charge in [0.2, 0.25) is 0 Å². The van der Waals surface area contributed by atoms with Crippen LogP contribution in [0.5, 0.6) is 0 Å². The van der Waals surface area contributed by atoms with Gasteiger partial charge >= 0.3 is 0 Å². The highest BCUT2D eigenvalue weighted by atomic mass is 15.2. The van der Waals surface area contributed by atoms with Crippen molar-refractivity contribution in [1.82, 2.24) is 9.47 Å². The number of allylic oxidation sites excluding steroid dienone is 1. The van der Waals surface area contributed by atoms with Crippen molar-refractivity contribution in [3.63, 3.8) is 0 Å². The normalized spacial score (nSPS) is 14.3. The van der Waals surface area contributed by atoms with E-state index >= 15 is 0 Å². The van der Waals surface area contributed by atoms with Gasteiger partial charge in [-0.05, 0) is 108 Å². The number of para-hydroxylation sites is 2. The minimum Gasteiger partial charge on any atom is -0.349 e. The lowest BCUT2D eigenvalue weighted by atomic mass is 9.88. The van der Waals surface area contributed by atoms with Crippen LogP contribution in [0.4, 0.5) is 0 Å². The number of aliphatic imine (C=N–C) groups is 1. The van der Waals surface area contributed by atoms with Crippen LogP contribution in [0.2, 0.25) is 0 Å². The van der Waals surface area contributed by atoms with Crippen LogP contribution in [-0.2, 0) is 0 Å². The Balaban J connectivity index is 0.986. The van der Waals surface area contributed by atoms with Crippen LogP contribution in [0.3, 0.4) is 0 Å². The van der Waals surface area contributed by atoms with Crippen molar-refractivity contribution in [3.05, 3.63) is 241 Å². The number of benzene rings is 11. The number of hydrogen-bond acceptors (Lipinski definition) is 2. The average Bonchev–Trinajstić information content (AvgIpc) is 3.71. The summed E-state index contributed by atoms with van der Waals surface area (Å²) in [5, 5.41) is 15.0. The maximum Gasteiger partial charge on any atom is 0.147 e. The van der Waals surface area contributed by atoms with E-state index in [2.05, 4.69) is 241 Å². The number of fused-ring (bicyclic) bond motifs is 12. The van der Waals surface area contributed by atoms with Gasteiger partial charge < -0.3 is 9.47 Å². The molecule has 3 heteroatoms. The predicted octanol–water partition coefficient (Wildman–Crippen LogP) is 15.7. The Morgan fingerprint density at radius 1 is 0.406 bits per heavy atom. The zero-order valence-electron chi connectivity index (χ0n) is 35.3. The second-order valence-electron chi connectivity index (χ2n) is 17.1. The van der Waals surface area contributed by atoms with E-state index < -0.39 is 0 Å². The Hall–Kier alpha value is -8.27. The Morgan fingerprint density at radius 3 is 1.70 bits per heavy atom. The van der Waals surface area contributed by atoms with E-state index in [1.807, 2.05) is 0 Å². The summed E-state index contributed by atoms with van der Waals surface area (Å²) in [7, 11) is 2.18. The summed E-state index contributed by atoms with van der Waals surface area (Å²) in [4.78, 5) is 7.85. The van der Waals surface area contributed by atoms with Gasteiger partial charge in [-0.2, -0.15) is 0 Å². The fourth-order valence-corrected chi connectivity index (χ4v) is 10.5. The molecule has 3 nitrogen and oxygen atoms in total. The number of aromatic nitrogens is 1. The van der Waals surface area contributed by atoms with E-state index in [4.69, 9.17) is 4.99 Å². The van der Waals surface area contributed by atoms with Crippen molar-refractivity contribution < 1.29 is 0 Å². The molecular weight excluding hydrogens is 775 g/mol. The maximum absolute atomic E-state index is 5.52. The molecule has 1 aliphatic heterocycles. The molecule has 0 amide bonds. The molecule has 0 fully saturated rings. The number of nitrogens with zero attached hydrogens (tertiary/aromatic N) is 3. The van der Waals surface area contributed by atoms with Gasteiger partial charge in [-0.25, -0.2) is 0 Å². The average molecular weight is 816 g/mol. The highest BCUT2D eigenvalue weighted by Gasteiger charge is 2.27. The van der Waals surface area contributed by atoms with Crippen molar-refractivity contribution in [3.8, 4) is 16.8 Å². The van der Waals surface area contributed by atoms with Gasteiger partial charge in [0.1, 0.15) is 6.17 Å². The molecule has 11 aromatic carbocycles. The fourth-order valence-electron chi connectivity index (χ4n) is 10.5. The molecule has 12 aromatic rings. The van der Waals surface area contributed by atoms with Crippen LogP contribution in [-0.4, -0.2) is 22.2 Å². The first-order chi connectivity index (χ1) is 31.7. The minimum atomic E-state index is -0.227. The topological polar surface area (TPSA) is 20.5 Å². The summed E-state index contributed by atoms with van der Waals surface area (Å²) in [6.45, 7) is 0. The lowest BCUT2D eigenvalue weighted by Crippen LogP contribution is -2.27. The van der Waals surface area contributed by atoms with Crippen LogP contribution in [0.1, 0.15) is 22.9 Å². The zero-order chi connectivity index (χ0) is 42.3. The molecular formula is C61H41N3. The molecule has 300 valence electrons. The summed E-state index contributed by atoms with van der Waals surface area (Å²) in [6, 6.07) is 79.9. The summed E-state index contributed by atoms with van der Waals surface area (Å²) in [6.07, 6.45) is 2.04. The molecule has 1 aliphatic rings. The summed E-state index contributed by atoms with van der Waals surface area (Å²) in [5.41, 5.74) is 11.6. The molecule has 64 heavy (non-hydrogen) atoms. The zero-order valence-corrected chi connectivity index (χ0v) is 35.3. The third-order valence-electron chi connectivity index (χ3n) is 13.5. The van der Waals surface area contributed by atoms with Gasteiger partial charge in [-0.3, -0.25) is 4.99 Å². The third-order valence-corrected chi connectivity index (χ3v) is 13.5. The number of rotatable bonds is 5. The van der Waals surface area contributed by atoms with Crippen molar-refractivity contribution in [1.29, 1.82) is 0 Å². The lowest BCUT2D eigenvalue weighted by molar-refractivity contribution is 0.364. The monoisotopic (exact) mass is 815 g/mol. The largest absolute Gasteiger partial charge is 0.349 e. The highest BCUT2D eigenvalue weighted by molar-refractivity contribution is 6.38. The minimum absolute atomic E-state index is 0.227. The second-order valence-corrected chi connectivity index (χ2v) is 17.1. The van der Waals surface area contributed by atoms with Gasteiger partial charge in [0.05, 0.1) is 16.7 Å². The molecule has 0 bridgehead atoms. The van der Waals surface area contributed by atoms with Gasteiger partial charge in [-0.15, -0.1) is 0 Å². The molecule has 2 heterocycles. The van der Waals surface area contributed by atoms with E-state index in [9.17, 15) is 0 Å². The van der Waals surface area contributed by atoms with Gasteiger partial charge in [0, 0.05) is 45.5 Å². The van der Waals surface area contributed by atoms with Crippen molar-refractivity contribution in [2.24, 2.45) is 4.99 Å². The van der Waals surface area contributed by atoms with Gasteiger partial charge in [-0.1, -0.05) is 182 Å². The predicted molar refractivity (Wildman–Crippen MR) is 272 cm³/mol. The molecule has 0 spiro atoms. The Kier molecular flexibility index (Phi) is 8.19. The third kappa shape index (κ3) is 5.64. The molecule has 1 atom stereocenters. The molecule has 1 unspecified atom stereocenters. The number of hydrogen-bond donors (Lipinski definition) is 0. The molecule has 13 rings (SSSR count). The fraction of sp³-hybridized carbons (Fsp3) is 0.0328. The highest BCUT2D eigenvalue weighted by Crippen LogP contribution is 2.47. The van der Waals surface area contributed by atoms with E-state index in [0.29, 0.717) is 0 Å². The standard InChI is InChI=1S/C61H41N3/c1-63-57(46-34-28-40-16-6-8-18-44(40)36-46)38-55(45-33-27-39-15-5-7-17-43(39)35-45)62-61(63)42-31-29-41(30-32-42)53-37-54-49-22-10-12-24-51(49)60-59(58(54)50-23-11-9-21-48(50)53)52-25-13-14-26-56(52)64(60)47-19-3-2-4-20-47/h2-38,61H,1H3. The second kappa shape index (κ2) is 14.4. The van der Waals surface area contributed by atoms with E-state index in [1.54, 1.807) is 0 Å². The SMILES string of the molecule is CN1C(c2ccc3ccccc3c2)=CC(c2ccc3ccccc3c2)=NC1c1ccc(-c2cc3c4ccccc4c4c(c5ccccc5n4-c4ccccc4)c3c3ccccc23)cc1. The van der Waals surface area contributed by atoms with E-state index in [1.165, 1.54) is 92.4 Å². The Morgan fingerprint density at radius 2 is 0.969 bits per heavy atom. The maximum atomic E-state index is 5.52. The van der Waals surface area contributed by atoms with Crippen LogP contribution in [0.25, 0.3) is 98.2 Å². The Labute approximate surface area is 371 Å². The molecule has 0 saturated carbocycles. The van der Waals surface area contributed by atoms with Crippen LogP contribution < -0.4 is 0 Å². The molecule has 0 saturated heterocycles. The first-order valence-corrected chi connectivity index (χ1v) is 22.1. The quantitative estimate of drug-likeness (QED) is 0.159. The summed E-state index contributed by atoms with van der Waals surface area (Å²) in [5.74, 6) is 0. The Bertz CT molecular complexity index is 3910. The van der Waals surface area contributed by atoms with Gasteiger partial charge in [0.25, 0.3) is 0 Å². The smallest absolute Gasteiger partial charge is 0.147 e. The first kappa shape index (κ1) is 36.4. The van der Waals surface area contributed by atoms with Crippen molar-refractivity contribution >= 4 is 87.1 Å². The van der Waals surface area contributed by atoms with E-state index in [-0.39, 0.29) is 6.17 Å². The lowest BCUT2D eigenvalue weighted by Gasteiger charge is -2.34. The van der Waals surface area contributed by atoms with Crippen molar-refractivity contribution in [2.75, 3.05) is 7.05 Å². The van der Waals surface area contributed by atoms with Crippen LogP contribution in [0.15, 0.2) is 229 Å². The van der Waals surface area contributed by atoms with Crippen molar-refractivity contribution in [2.45, 2.75) is 6.17 Å². The summed E-state index contributed by atoms with van der Waals surface area (Å²) >= 11 is 0. The molecule has 0 N–H and O–H groups in total. The molecule has 0 radical (unpaired) electrons. The van der Waals surface area contributed by atoms with Crippen LogP contribution >= 0.6 is 0 Å².